The van der Waals surface area contributed by atoms with Gasteiger partial charge in [-0.1, -0.05) is 23.8 Å². The summed E-state index contributed by atoms with van der Waals surface area (Å²) in [6.45, 7) is 13.1. The lowest BCUT2D eigenvalue weighted by Crippen LogP contribution is -2.36. The van der Waals surface area contributed by atoms with Crippen LogP contribution < -0.4 is 10.1 Å². The summed E-state index contributed by atoms with van der Waals surface area (Å²) < 4.78 is 10.7. The molecule has 0 spiro atoms. The summed E-state index contributed by atoms with van der Waals surface area (Å²) in [4.78, 5) is 19.7. The van der Waals surface area contributed by atoms with E-state index >= 15 is 0 Å². The maximum Gasteiger partial charge on any atom is 0.254 e. The number of para-hydroxylation sites is 1. The van der Waals surface area contributed by atoms with Gasteiger partial charge in [-0.15, -0.1) is 0 Å². The lowest BCUT2D eigenvalue weighted by atomic mass is 10.00. The van der Waals surface area contributed by atoms with Gasteiger partial charge in [-0.05, 0) is 53.3 Å². The molecule has 0 aromatic heterocycles. The molecule has 0 heterocycles. The highest BCUT2D eigenvalue weighted by molar-refractivity contribution is 5.98. The fraction of sp³-hybridized carbons (Fsp3) is 0.500. The van der Waals surface area contributed by atoms with Crippen LogP contribution in [-0.2, 0) is 16.1 Å². The van der Waals surface area contributed by atoms with Crippen molar-refractivity contribution >= 4 is 12.6 Å². The van der Waals surface area contributed by atoms with Crippen LogP contribution in [0.2, 0.25) is 0 Å². The Labute approximate surface area is 180 Å². The molecule has 6 heteroatoms. The van der Waals surface area contributed by atoms with Crippen LogP contribution >= 0.6 is 0 Å². The summed E-state index contributed by atoms with van der Waals surface area (Å²) in [5, 5.41) is 3.46. The van der Waals surface area contributed by atoms with Crippen molar-refractivity contribution in [3.63, 3.8) is 0 Å². The zero-order valence-corrected chi connectivity index (χ0v) is 19.2. The predicted molar refractivity (Wildman–Crippen MR) is 122 cm³/mol. The Morgan fingerprint density at radius 1 is 1.23 bits per heavy atom. The second-order valence-corrected chi connectivity index (χ2v) is 8.22. The number of carbonyl (C=O) groups excluding carboxylic acids is 1. The van der Waals surface area contributed by atoms with E-state index in [-0.39, 0.29) is 11.4 Å². The fourth-order valence-electron chi connectivity index (χ4n) is 3.37. The van der Waals surface area contributed by atoms with Crippen molar-refractivity contribution in [1.82, 2.24) is 10.2 Å². The number of rotatable bonds is 11. The van der Waals surface area contributed by atoms with Gasteiger partial charge in [0.05, 0.1) is 13.7 Å². The van der Waals surface area contributed by atoms with Gasteiger partial charge in [0.2, 0.25) is 0 Å². The van der Waals surface area contributed by atoms with Crippen molar-refractivity contribution in [3.05, 3.63) is 52.4 Å². The Morgan fingerprint density at radius 2 is 1.90 bits per heavy atom. The molecule has 6 nitrogen and oxygen atoms in total. The molecule has 30 heavy (non-hydrogen) atoms. The molecule has 0 radical (unpaired) electrons. The minimum Gasteiger partial charge on any atom is -0.496 e. The number of hydrogen-bond acceptors (Lipinski definition) is 5. The number of methoxy groups -OCH3 is 2. The second-order valence-electron chi connectivity index (χ2n) is 8.22. The number of benzene rings is 1. The first-order chi connectivity index (χ1) is 14.3. The second kappa shape index (κ2) is 10.4. The highest BCUT2D eigenvalue weighted by atomic mass is 16.5. The van der Waals surface area contributed by atoms with Gasteiger partial charge in [0.1, 0.15) is 11.6 Å². The molecule has 0 unspecified atom stereocenters. The molecule has 1 aromatic rings. The van der Waals surface area contributed by atoms with E-state index in [2.05, 4.69) is 24.0 Å². The minimum atomic E-state index is -0.0562. The summed E-state index contributed by atoms with van der Waals surface area (Å²) >= 11 is 0. The Kier molecular flexibility index (Phi) is 8.24. The maximum atomic E-state index is 13.7. The number of ether oxygens (including phenoxy) is 2. The SMILES string of the molecule is C=N/C(NC1(C)CC1)=C(\C)C(C(=O)N(CCOC)Cc1ccccc1OC)=C(C)C. The zero-order chi connectivity index (χ0) is 22.3. The topological polar surface area (TPSA) is 63.2 Å². The van der Waals surface area contributed by atoms with Crippen molar-refractivity contribution < 1.29 is 14.3 Å². The molecule has 0 saturated heterocycles. The molecule has 1 aliphatic rings. The van der Waals surface area contributed by atoms with Gasteiger partial charge < -0.3 is 19.7 Å². The van der Waals surface area contributed by atoms with E-state index in [0.29, 0.717) is 31.1 Å². The lowest BCUT2D eigenvalue weighted by Gasteiger charge is -2.26. The molecular weight excluding hydrogens is 378 g/mol. The third-order valence-corrected chi connectivity index (χ3v) is 5.43. The van der Waals surface area contributed by atoms with Gasteiger partial charge in [0.25, 0.3) is 5.91 Å². The first-order valence-electron chi connectivity index (χ1n) is 10.3. The first kappa shape index (κ1) is 23.7. The van der Waals surface area contributed by atoms with Crippen LogP contribution in [0.4, 0.5) is 0 Å². The standard InChI is InChI=1S/C24H35N3O3/c1-17(2)21(18(3)22(25-5)26-24(4)12-13-24)23(28)27(14-15-29-6)16-19-10-8-9-11-20(19)30-7/h8-11,26H,5,12-16H2,1-4,6-7H3/b22-18-. The number of nitrogens with zero attached hydrogens (tertiary/aromatic N) is 2. The molecule has 1 aliphatic carbocycles. The Balaban J connectivity index is 2.39. The van der Waals surface area contributed by atoms with Crippen molar-refractivity contribution in [2.75, 3.05) is 27.4 Å². The smallest absolute Gasteiger partial charge is 0.254 e. The predicted octanol–water partition coefficient (Wildman–Crippen LogP) is 4.08. The van der Waals surface area contributed by atoms with E-state index in [1.165, 1.54) is 0 Å². The third-order valence-electron chi connectivity index (χ3n) is 5.43. The molecule has 1 saturated carbocycles. The van der Waals surface area contributed by atoms with Gasteiger partial charge in [-0.2, -0.15) is 0 Å². The molecule has 0 aliphatic heterocycles. The largest absolute Gasteiger partial charge is 0.496 e. The number of allylic oxidation sites excluding steroid dienone is 1. The van der Waals surface area contributed by atoms with Gasteiger partial charge in [-0.3, -0.25) is 4.79 Å². The summed E-state index contributed by atoms with van der Waals surface area (Å²) in [6, 6.07) is 7.75. The molecular formula is C24H35N3O3. The van der Waals surface area contributed by atoms with Crippen LogP contribution in [0, 0.1) is 0 Å². The van der Waals surface area contributed by atoms with E-state index in [0.717, 1.165) is 35.3 Å². The molecule has 1 aromatic carbocycles. The molecule has 1 fully saturated rings. The summed E-state index contributed by atoms with van der Waals surface area (Å²) in [7, 11) is 3.28. The lowest BCUT2D eigenvalue weighted by molar-refractivity contribution is -0.128. The van der Waals surface area contributed by atoms with Crippen molar-refractivity contribution in [2.45, 2.75) is 52.6 Å². The zero-order valence-electron chi connectivity index (χ0n) is 19.2. The van der Waals surface area contributed by atoms with Crippen molar-refractivity contribution in [2.24, 2.45) is 4.99 Å². The summed E-state index contributed by atoms with van der Waals surface area (Å²) in [5.74, 6) is 1.37. The highest BCUT2D eigenvalue weighted by Crippen LogP contribution is 2.36. The maximum absolute atomic E-state index is 13.7. The quantitative estimate of drug-likeness (QED) is 0.337. The van der Waals surface area contributed by atoms with Gasteiger partial charge in [-0.25, -0.2) is 4.99 Å². The molecule has 1 amide bonds. The first-order valence-corrected chi connectivity index (χ1v) is 10.3. The van der Waals surface area contributed by atoms with Crippen LogP contribution in [-0.4, -0.2) is 50.4 Å². The molecule has 164 valence electrons. The van der Waals surface area contributed by atoms with E-state index in [9.17, 15) is 4.79 Å². The van der Waals surface area contributed by atoms with Gasteiger partial charge >= 0.3 is 0 Å². The summed E-state index contributed by atoms with van der Waals surface area (Å²) in [6.07, 6.45) is 2.18. The minimum absolute atomic E-state index is 0.0424. The Bertz CT molecular complexity index is 834. The monoisotopic (exact) mass is 413 g/mol. The van der Waals surface area contributed by atoms with Crippen LogP contribution in [0.5, 0.6) is 5.75 Å². The number of aliphatic imine (C=N–C) groups is 1. The Hall–Kier alpha value is -2.60. The average molecular weight is 414 g/mol. The summed E-state index contributed by atoms with van der Waals surface area (Å²) in [5.41, 5.74) is 3.39. The van der Waals surface area contributed by atoms with Gasteiger partial charge in [0, 0.05) is 42.4 Å². The molecule has 0 atom stereocenters. The average Bonchev–Trinajstić information content (AvgIpc) is 3.46. The van der Waals surface area contributed by atoms with E-state index < -0.39 is 0 Å². The van der Waals surface area contributed by atoms with E-state index in [1.54, 1.807) is 19.1 Å². The normalized spacial score (nSPS) is 15.0. The van der Waals surface area contributed by atoms with Crippen LogP contribution in [0.25, 0.3) is 0 Å². The van der Waals surface area contributed by atoms with E-state index in [1.807, 2.05) is 45.0 Å². The van der Waals surface area contributed by atoms with E-state index in [4.69, 9.17) is 9.47 Å². The van der Waals surface area contributed by atoms with Crippen molar-refractivity contribution in [3.8, 4) is 5.75 Å². The number of carbonyl (C=O) groups is 1. The number of amides is 1. The van der Waals surface area contributed by atoms with Crippen molar-refractivity contribution in [1.29, 1.82) is 0 Å². The van der Waals surface area contributed by atoms with Gasteiger partial charge in [0.15, 0.2) is 0 Å². The van der Waals surface area contributed by atoms with Crippen LogP contribution in [0.15, 0.2) is 51.8 Å². The molecule has 2 rings (SSSR count). The van der Waals surface area contributed by atoms with Crippen LogP contribution in [0.1, 0.15) is 46.1 Å². The fourth-order valence-corrected chi connectivity index (χ4v) is 3.37. The van der Waals surface area contributed by atoms with Crippen LogP contribution in [0.3, 0.4) is 0 Å². The molecule has 0 bridgehead atoms. The number of hydrogen-bond donors (Lipinski definition) is 1. The number of nitrogens with one attached hydrogen (secondary N) is 1. The third kappa shape index (κ3) is 5.95. The highest BCUT2D eigenvalue weighted by Gasteiger charge is 2.38. The molecule has 1 N–H and O–H groups in total. The Morgan fingerprint density at radius 3 is 2.43 bits per heavy atom.